The van der Waals surface area contributed by atoms with Gasteiger partial charge in [-0.2, -0.15) is 0 Å². The van der Waals surface area contributed by atoms with Crippen LogP contribution in [0.15, 0.2) is 17.1 Å². The molecule has 1 N–H and O–H groups in total. The summed E-state index contributed by atoms with van der Waals surface area (Å²) in [6.45, 7) is 2.13. The van der Waals surface area contributed by atoms with Crippen LogP contribution in [-0.4, -0.2) is 25.3 Å². The summed E-state index contributed by atoms with van der Waals surface area (Å²) in [5.74, 6) is 0. The van der Waals surface area contributed by atoms with E-state index in [1.54, 1.807) is 0 Å². The maximum Gasteiger partial charge on any atom is 0.0627 e. The van der Waals surface area contributed by atoms with Gasteiger partial charge in [0.15, 0.2) is 0 Å². The third-order valence-electron chi connectivity index (χ3n) is 1.89. The monoisotopic (exact) mass is 138 g/mol. The number of allylic oxidation sites excluding steroid dienone is 1. The first kappa shape index (κ1) is 7.48. The second-order valence-corrected chi connectivity index (χ2v) is 2.60. The fraction of sp³-hybridized carbons (Fsp3) is 0.625. The van der Waals surface area contributed by atoms with Gasteiger partial charge in [0.25, 0.3) is 0 Å². The zero-order valence-electron chi connectivity index (χ0n) is 6.54. The highest BCUT2D eigenvalue weighted by molar-refractivity contribution is 5.71. The van der Waals surface area contributed by atoms with E-state index in [0.29, 0.717) is 12.1 Å². The number of nitrogens with one attached hydrogen (secondary N) is 1. The molecule has 0 radical (unpaired) electrons. The van der Waals surface area contributed by atoms with E-state index >= 15 is 0 Å². The van der Waals surface area contributed by atoms with E-state index in [9.17, 15) is 0 Å². The highest BCUT2D eigenvalue weighted by Gasteiger charge is 2.12. The quantitative estimate of drug-likeness (QED) is 0.574. The van der Waals surface area contributed by atoms with Crippen molar-refractivity contribution < 1.29 is 0 Å². The lowest BCUT2D eigenvalue weighted by atomic mass is 10.1. The zero-order valence-corrected chi connectivity index (χ0v) is 6.54. The second-order valence-electron chi connectivity index (χ2n) is 2.60. The molecule has 0 spiro atoms. The minimum Gasteiger partial charge on any atom is -0.315 e. The first-order valence-electron chi connectivity index (χ1n) is 3.70. The molecule has 0 aromatic carbocycles. The van der Waals surface area contributed by atoms with Gasteiger partial charge in [0.2, 0.25) is 0 Å². The zero-order chi connectivity index (χ0) is 7.40. The summed E-state index contributed by atoms with van der Waals surface area (Å²) in [5.41, 5.74) is 0. The molecule has 0 aromatic rings. The van der Waals surface area contributed by atoms with Crippen molar-refractivity contribution >= 4 is 6.21 Å². The molecule has 0 saturated heterocycles. The number of hydrogen-bond acceptors (Lipinski definition) is 2. The van der Waals surface area contributed by atoms with Crippen LogP contribution in [0.5, 0.6) is 0 Å². The molecular formula is C8H14N2. The summed E-state index contributed by atoms with van der Waals surface area (Å²) in [4.78, 5) is 4.30. The molecule has 0 bridgehead atoms. The minimum atomic E-state index is 0.403. The summed E-state index contributed by atoms with van der Waals surface area (Å²) >= 11 is 0. The fourth-order valence-corrected chi connectivity index (χ4v) is 1.13. The van der Waals surface area contributed by atoms with Crippen molar-refractivity contribution in [1.29, 1.82) is 0 Å². The third-order valence-corrected chi connectivity index (χ3v) is 1.89. The summed E-state index contributed by atoms with van der Waals surface area (Å²) in [6, 6.07) is 0.912. The van der Waals surface area contributed by atoms with Gasteiger partial charge in [0.1, 0.15) is 0 Å². The molecule has 2 atom stereocenters. The molecule has 1 aliphatic heterocycles. The molecule has 2 nitrogen and oxygen atoms in total. The normalized spacial score (nSPS) is 32.2. The van der Waals surface area contributed by atoms with Gasteiger partial charge in [-0.1, -0.05) is 6.08 Å². The summed E-state index contributed by atoms with van der Waals surface area (Å²) in [7, 11) is 1.98. The lowest BCUT2D eigenvalue weighted by Gasteiger charge is -2.16. The van der Waals surface area contributed by atoms with Crippen LogP contribution < -0.4 is 5.32 Å². The molecule has 56 valence electrons. The number of likely N-dealkylation sites (N-methyl/N-ethyl adjacent to an activating group) is 1. The van der Waals surface area contributed by atoms with Crippen molar-refractivity contribution in [2.45, 2.75) is 25.4 Å². The van der Waals surface area contributed by atoms with Crippen LogP contribution in [0.25, 0.3) is 0 Å². The van der Waals surface area contributed by atoms with E-state index in [4.69, 9.17) is 0 Å². The fourth-order valence-electron chi connectivity index (χ4n) is 1.13. The van der Waals surface area contributed by atoms with Crippen LogP contribution in [-0.2, 0) is 0 Å². The van der Waals surface area contributed by atoms with Gasteiger partial charge in [0.05, 0.1) is 6.04 Å². The summed E-state index contributed by atoms with van der Waals surface area (Å²) < 4.78 is 0. The molecule has 0 fully saturated rings. The smallest absolute Gasteiger partial charge is 0.0627 e. The molecule has 2 unspecified atom stereocenters. The third kappa shape index (κ3) is 1.67. The Morgan fingerprint density at radius 1 is 1.60 bits per heavy atom. The van der Waals surface area contributed by atoms with Crippen LogP contribution in [0.2, 0.25) is 0 Å². The molecular weight excluding hydrogens is 124 g/mol. The Morgan fingerprint density at radius 3 is 3.10 bits per heavy atom. The first-order chi connectivity index (χ1) is 4.84. The Bertz CT molecular complexity index is 149. The lowest BCUT2D eigenvalue weighted by molar-refractivity contribution is 0.492. The molecule has 0 amide bonds. The Morgan fingerprint density at radius 2 is 2.40 bits per heavy atom. The van der Waals surface area contributed by atoms with Crippen molar-refractivity contribution in [2.75, 3.05) is 7.05 Å². The summed E-state index contributed by atoms with van der Waals surface area (Å²) in [5, 5.41) is 3.23. The minimum absolute atomic E-state index is 0.403. The van der Waals surface area contributed by atoms with Crippen LogP contribution >= 0.6 is 0 Å². The predicted molar refractivity (Wildman–Crippen MR) is 44.6 cm³/mol. The van der Waals surface area contributed by atoms with Crippen molar-refractivity contribution in [3.05, 3.63) is 12.2 Å². The average Bonchev–Trinajstić information content (AvgIpc) is 2.13. The van der Waals surface area contributed by atoms with Crippen molar-refractivity contribution in [3.63, 3.8) is 0 Å². The van der Waals surface area contributed by atoms with Crippen LogP contribution in [0.1, 0.15) is 13.3 Å². The molecule has 10 heavy (non-hydrogen) atoms. The van der Waals surface area contributed by atoms with E-state index in [2.05, 4.69) is 23.3 Å². The highest BCUT2D eigenvalue weighted by atomic mass is 14.9. The maximum atomic E-state index is 4.30. The van der Waals surface area contributed by atoms with E-state index in [1.165, 1.54) is 0 Å². The number of rotatable bonds is 1. The van der Waals surface area contributed by atoms with E-state index < -0.39 is 0 Å². The maximum absolute atomic E-state index is 4.30. The summed E-state index contributed by atoms with van der Waals surface area (Å²) in [6.07, 6.45) is 7.11. The average molecular weight is 138 g/mol. The molecule has 2 heteroatoms. The van der Waals surface area contributed by atoms with E-state index in [-0.39, 0.29) is 0 Å². The van der Waals surface area contributed by atoms with Gasteiger partial charge in [-0.05, 0) is 26.5 Å². The standard InChI is InChI=1S/C8H14N2/c1-7-8(9-2)5-3-4-6-10-7/h3-4,6-9H,5H2,1-2H3. The first-order valence-corrected chi connectivity index (χ1v) is 3.70. The van der Waals surface area contributed by atoms with E-state index in [1.807, 2.05) is 19.3 Å². The SMILES string of the molecule is CNC1CC=CC=NC1C. The Hall–Kier alpha value is -0.630. The van der Waals surface area contributed by atoms with Gasteiger partial charge in [-0.3, -0.25) is 4.99 Å². The molecule has 0 aliphatic carbocycles. The Labute approximate surface area is 62.0 Å². The highest BCUT2D eigenvalue weighted by Crippen LogP contribution is 2.05. The van der Waals surface area contributed by atoms with Gasteiger partial charge in [-0.15, -0.1) is 0 Å². The predicted octanol–water partition coefficient (Wildman–Crippen LogP) is 0.994. The Balaban J connectivity index is 2.56. The number of nitrogens with zero attached hydrogens (tertiary/aromatic N) is 1. The van der Waals surface area contributed by atoms with Crippen molar-refractivity contribution in [2.24, 2.45) is 4.99 Å². The molecule has 1 heterocycles. The number of hydrogen-bond donors (Lipinski definition) is 1. The van der Waals surface area contributed by atoms with Gasteiger partial charge in [0, 0.05) is 12.3 Å². The second kappa shape index (κ2) is 3.52. The topological polar surface area (TPSA) is 24.4 Å². The van der Waals surface area contributed by atoms with Crippen LogP contribution in [0, 0.1) is 0 Å². The molecule has 0 saturated carbocycles. The van der Waals surface area contributed by atoms with Gasteiger partial charge in [-0.25, -0.2) is 0 Å². The van der Waals surface area contributed by atoms with Crippen molar-refractivity contribution in [1.82, 2.24) is 5.32 Å². The lowest BCUT2D eigenvalue weighted by Crippen LogP contribution is -2.33. The van der Waals surface area contributed by atoms with E-state index in [0.717, 1.165) is 6.42 Å². The largest absolute Gasteiger partial charge is 0.315 e. The molecule has 1 rings (SSSR count). The molecule has 1 aliphatic rings. The van der Waals surface area contributed by atoms with Crippen LogP contribution in [0.3, 0.4) is 0 Å². The Kier molecular flexibility index (Phi) is 2.63. The molecule has 0 aromatic heterocycles. The van der Waals surface area contributed by atoms with Crippen molar-refractivity contribution in [3.8, 4) is 0 Å². The van der Waals surface area contributed by atoms with Gasteiger partial charge < -0.3 is 5.32 Å². The van der Waals surface area contributed by atoms with Gasteiger partial charge >= 0.3 is 0 Å². The van der Waals surface area contributed by atoms with Crippen LogP contribution in [0.4, 0.5) is 0 Å². The number of aliphatic imine (C=N–C) groups is 1.